The minimum atomic E-state index is -4.58. The Bertz CT molecular complexity index is 1250. The summed E-state index contributed by atoms with van der Waals surface area (Å²) in [5.41, 5.74) is 6.23. The second-order valence-corrected chi connectivity index (χ2v) is 8.37. The van der Waals surface area contributed by atoms with Gasteiger partial charge in [-0.15, -0.1) is 0 Å². The van der Waals surface area contributed by atoms with Gasteiger partial charge in [0.25, 0.3) is 20.2 Å². The molecule has 0 aliphatic heterocycles. The van der Waals surface area contributed by atoms with E-state index in [4.69, 9.17) is 5.73 Å². The Kier molecular flexibility index (Phi) is 4.15. The molecule has 0 heterocycles. The number of nitrogen functional groups attached to an aromatic ring is 1. The van der Waals surface area contributed by atoms with Gasteiger partial charge in [0.15, 0.2) is 0 Å². The van der Waals surface area contributed by atoms with Crippen LogP contribution in [0, 0.1) is 0 Å². The molecule has 0 amide bonds. The van der Waals surface area contributed by atoms with E-state index < -0.39 is 35.8 Å². The van der Waals surface area contributed by atoms with Crippen molar-refractivity contribution in [1.82, 2.24) is 0 Å². The van der Waals surface area contributed by atoms with Gasteiger partial charge in [-0.1, -0.05) is 18.2 Å². The zero-order valence-corrected chi connectivity index (χ0v) is 14.6. The molecular weight excluding hydrogens is 382 g/mol. The van der Waals surface area contributed by atoms with Gasteiger partial charge in [0.1, 0.15) is 10.6 Å². The first-order valence-electron chi connectivity index (χ1n) is 7.09. The predicted octanol–water partition coefficient (Wildman–Crippen LogP) is 2.29. The highest BCUT2D eigenvalue weighted by atomic mass is 32.2. The lowest BCUT2D eigenvalue weighted by Gasteiger charge is -2.14. The molecule has 0 saturated heterocycles. The number of anilines is 1. The Labute approximate surface area is 149 Å². The van der Waals surface area contributed by atoms with Crippen molar-refractivity contribution in [2.75, 3.05) is 5.73 Å². The standard InChI is InChI=1S/C16H13NO7S2/c17-10-5-9-6-11(25(19,20)21)8-14(18)16(9)13(7-10)12-3-1-2-4-15(12)26(22,23)24/h1-8,18H,17H2,(H,19,20,21)(H,22,23,24). The highest BCUT2D eigenvalue weighted by molar-refractivity contribution is 7.86. The number of phenols is 1. The third kappa shape index (κ3) is 3.22. The molecule has 0 radical (unpaired) electrons. The van der Waals surface area contributed by atoms with Crippen LogP contribution >= 0.6 is 0 Å². The van der Waals surface area contributed by atoms with Crippen LogP contribution in [0.3, 0.4) is 0 Å². The Balaban J connectivity index is 2.47. The monoisotopic (exact) mass is 395 g/mol. The van der Waals surface area contributed by atoms with Crippen molar-refractivity contribution >= 4 is 36.7 Å². The molecule has 3 aromatic rings. The molecule has 0 atom stereocenters. The van der Waals surface area contributed by atoms with Crippen molar-refractivity contribution in [3.05, 3.63) is 48.5 Å². The Morgan fingerprint density at radius 2 is 1.46 bits per heavy atom. The van der Waals surface area contributed by atoms with Gasteiger partial charge in [-0.25, -0.2) is 0 Å². The fourth-order valence-corrected chi connectivity index (χ4v) is 4.01. The molecule has 0 aromatic heterocycles. The second kappa shape index (κ2) is 5.95. The lowest BCUT2D eigenvalue weighted by molar-refractivity contribution is 0.471. The normalized spacial score (nSPS) is 12.4. The molecule has 0 aliphatic carbocycles. The average molecular weight is 395 g/mol. The first-order valence-corrected chi connectivity index (χ1v) is 9.97. The minimum Gasteiger partial charge on any atom is -0.507 e. The van der Waals surface area contributed by atoms with Gasteiger partial charge in [-0.3, -0.25) is 9.11 Å². The van der Waals surface area contributed by atoms with Crippen molar-refractivity contribution in [2.24, 2.45) is 0 Å². The van der Waals surface area contributed by atoms with Gasteiger partial charge in [-0.05, 0) is 35.2 Å². The smallest absolute Gasteiger partial charge is 0.295 e. The van der Waals surface area contributed by atoms with E-state index in [9.17, 15) is 31.0 Å². The lowest BCUT2D eigenvalue weighted by Crippen LogP contribution is -2.02. The molecule has 0 bridgehead atoms. The first kappa shape index (κ1) is 18.1. The van der Waals surface area contributed by atoms with E-state index in [0.29, 0.717) is 0 Å². The van der Waals surface area contributed by atoms with Gasteiger partial charge in [-0.2, -0.15) is 16.8 Å². The highest BCUT2D eigenvalue weighted by Gasteiger charge is 2.21. The molecular formula is C16H13NO7S2. The van der Waals surface area contributed by atoms with Crippen molar-refractivity contribution in [2.45, 2.75) is 9.79 Å². The average Bonchev–Trinajstić information content (AvgIpc) is 2.52. The fraction of sp³-hybridized carbons (Fsp3) is 0. The van der Waals surface area contributed by atoms with E-state index >= 15 is 0 Å². The number of rotatable bonds is 3. The van der Waals surface area contributed by atoms with Crippen LogP contribution in [-0.2, 0) is 20.2 Å². The van der Waals surface area contributed by atoms with E-state index in [1.165, 1.54) is 36.4 Å². The Morgan fingerprint density at radius 1 is 0.808 bits per heavy atom. The summed E-state index contributed by atoms with van der Waals surface area (Å²) in [5, 5.41) is 10.6. The minimum absolute atomic E-state index is 0.0715. The molecule has 3 aromatic carbocycles. The van der Waals surface area contributed by atoms with Crippen LogP contribution in [0.4, 0.5) is 5.69 Å². The second-order valence-electron chi connectivity index (χ2n) is 5.56. The van der Waals surface area contributed by atoms with Gasteiger partial charge in [0.05, 0.1) is 4.90 Å². The van der Waals surface area contributed by atoms with Gasteiger partial charge in [0.2, 0.25) is 0 Å². The first-order chi connectivity index (χ1) is 12.0. The zero-order chi connectivity index (χ0) is 19.3. The summed E-state index contributed by atoms with van der Waals surface area (Å²) in [6.45, 7) is 0. The molecule has 0 unspecified atom stereocenters. The summed E-state index contributed by atoms with van der Waals surface area (Å²) >= 11 is 0. The van der Waals surface area contributed by atoms with Gasteiger partial charge in [0, 0.05) is 22.7 Å². The predicted molar refractivity (Wildman–Crippen MR) is 95.1 cm³/mol. The van der Waals surface area contributed by atoms with Gasteiger partial charge < -0.3 is 10.8 Å². The summed E-state index contributed by atoms with van der Waals surface area (Å²) in [7, 11) is -9.14. The van der Waals surface area contributed by atoms with E-state index in [0.717, 1.165) is 12.1 Å². The van der Waals surface area contributed by atoms with Crippen molar-refractivity contribution in [3.8, 4) is 16.9 Å². The van der Waals surface area contributed by atoms with Crippen LogP contribution < -0.4 is 5.73 Å². The molecule has 26 heavy (non-hydrogen) atoms. The molecule has 136 valence electrons. The summed E-state index contributed by atoms with van der Waals surface area (Å²) in [6, 6.07) is 10.2. The van der Waals surface area contributed by atoms with Crippen molar-refractivity contribution in [3.63, 3.8) is 0 Å². The van der Waals surface area contributed by atoms with Crippen LogP contribution in [0.1, 0.15) is 0 Å². The van der Waals surface area contributed by atoms with Crippen LogP contribution in [-0.4, -0.2) is 31.0 Å². The van der Waals surface area contributed by atoms with E-state index in [1.54, 1.807) is 0 Å². The number of fused-ring (bicyclic) bond motifs is 1. The van der Waals surface area contributed by atoms with Crippen molar-refractivity contribution < 1.29 is 31.0 Å². The van der Waals surface area contributed by atoms with Crippen LogP contribution in [0.25, 0.3) is 21.9 Å². The largest absolute Gasteiger partial charge is 0.507 e. The molecule has 5 N–H and O–H groups in total. The van der Waals surface area contributed by atoms with Crippen LogP contribution in [0.15, 0.2) is 58.3 Å². The van der Waals surface area contributed by atoms with Crippen molar-refractivity contribution in [1.29, 1.82) is 0 Å². The Hall–Kier alpha value is -2.66. The molecule has 0 saturated carbocycles. The number of hydrogen-bond donors (Lipinski definition) is 4. The maximum absolute atomic E-state index is 11.7. The zero-order valence-electron chi connectivity index (χ0n) is 13.0. The topological polar surface area (TPSA) is 155 Å². The maximum atomic E-state index is 11.7. The fourth-order valence-electron chi connectivity index (χ4n) is 2.76. The SMILES string of the molecule is Nc1cc(-c2ccccc2S(=O)(=O)O)c2c(O)cc(S(=O)(=O)O)cc2c1. The van der Waals surface area contributed by atoms with Crippen LogP contribution in [0.5, 0.6) is 5.75 Å². The molecule has 8 nitrogen and oxygen atoms in total. The van der Waals surface area contributed by atoms with Gasteiger partial charge >= 0.3 is 0 Å². The maximum Gasteiger partial charge on any atom is 0.295 e. The number of benzene rings is 3. The summed E-state index contributed by atoms with van der Waals surface area (Å²) in [4.78, 5) is -0.938. The summed E-state index contributed by atoms with van der Waals surface area (Å²) in [6.07, 6.45) is 0. The third-order valence-corrected chi connectivity index (χ3v) is 5.52. The summed E-state index contributed by atoms with van der Waals surface area (Å²) in [5.74, 6) is -0.504. The van der Waals surface area contributed by atoms with E-state index in [2.05, 4.69) is 0 Å². The lowest BCUT2D eigenvalue weighted by atomic mass is 9.96. The van der Waals surface area contributed by atoms with E-state index in [-0.39, 0.29) is 27.6 Å². The number of hydrogen-bond acceptors (Lipinski definition) is 6. The number of aromatic hydroxyl groups is 1. The molecule has 0 fully saturated rings. The molecule has 0 aliphatic rings. The number of nitrogens with two attached hydrogens (primary N) is 1. The quantitative estimate of drug-likeness (QED) is 0.389. The number of phenolic OH excluding ortho intramolecular Hbond substituents is 1. The molecule has 10 heteroatoms. The molecule has 0 spiro atoms. The third-order valence-electron chi connectivity index (χ3n) is 3.78. The highest BCUT2D eigenvalue weighted by Crippen LogP contribution is 2.40. The Morgan fingerprint density at radius 3 is 2.08 bits per heavy atom. The van der Waals surface area contributed by atoms with E-state index in [1.807, 2.05) is 0 Å². The summed E-state index contributed by atoms with van der Waals surface area (Å²) < 4.78 is 64.7. The van der Waals surface area contributed by atoms with Crippen LogP contribution in [0.2, 0.25) is 0 Å². The molecule has 3 rings (SSSR count).